The fourth-order valence-corrected chi connectivity index (χ4v) is 6.35. The molecular weight excluding hydrogens is 709 g/mol. The number of benzene rings is 2. The van der Waals surface area contributed by atoms with Gasteiger partial charge in [-0.15, -0.1) is 5.10 Å². The van der Waals surface area contributed by atoms with E-state index >= 15 is 0 Å². The van der Waals surface area contributed by atoms with E-state index in [1.165, 1.54) is 24.2 Å². The first-order valence-electron chi connectivity index (χ1n) is 17.1. The molecule has 3 N–H and O–H groups in total. The molecule has 0 saturated carbocycles. The molecule has 0 unspecified atom stereocenters. The van der Waals surface area contributed by atoms with Gasteiger partial charge in [0.25, 0.3) is 0 Å². The molecule has 4 aromatic rings. The molecule has 1 aliphatic heterocycles. The van der Waals surface area contributed by atoms with E-state index in [4.69, 9.17) is 28.2 Å². The van der Waals surface area contributed by atoms with Gasteiger partial charge in [-0.3, -0.25) is 14.9 Å². The van der Waals surface area contributed by atoms with Crippen molar-refractivity contribution in [3.8, 4) is 16.9 Å². The van der Waals surface area contributed by atoms with Gasteiger partial charge in [-0.25, -0.2) is 9.78 Å². The van der Waals surface area contributed by atoms with E-state index in [2.05, 4.69) is 59.5 Å². The predicted octanol–water partition coefficient (Wildman–Crippen LogP) is 4.67. The molecule has 0 bridgehead atoms. The Hall–Kier alpha value is -4.83. The number of H-pyrrole nitrogens is 1. The highest BCUT2D eigenvalue weighted by atomic mass is 35.5. The third-order valence-corrected chi connectivity index (χ3v) is 9.37. The molecule has 1 aliphatic rings. The van der Waals surface area contributed by atoms with E-state index in [0.29, 0.717) is 52.1 Å². The van der Waals surface area contributed by atoms with Gasteiger partial charge in [0, 0.05) is 60.6 Å². The van der Waals surface area contributed by atoms with E-state index in [9.17, 15) is 14.4 Å². The summed E-state index contributed by atoms with van der Waals surface area (Å²) in [5.41, 5.74) is 2.83. The number of imidazole rings is 1. The molecule has 52 heavy (non-hydrogen) atoms. The van der Waals surface area contributed by atoms with Gasteiger partial charge in [0.1, 0.15) is 23.0 Å². The minimum atomic E-state index is -0.837. The Morgan fingerprint density at radius 2 is 1.85 bits per heavy atom. The van der Waals surface area contributed by atoms with Crippen LogP contribution in [0.5, 0.6) is 0 Å². The summed E-state index contributed by atoms with van der Waals surface area (Å²) in [5.74, 6) is -0.256. The number of halogens is 2. The summed E-state index contributed by atoms with van der Waals surface area (Å²) in [7, 11) is 1.28. The summed E-state index contributed by atoms with van der Waals surface area (Å²) in [6.07, 6.45) is 4.61. The van der Waals surface area contributed by atoms with Crippen molar-refractivity contribution in [1.82, 2.24) is 50.2 Å². The number of aromatic nitrogens is 6. The molecule has 2 aromatic carbocycles. The van der Waals surface area contributed by atoms with Crippen LogP contribution in [-0.2, 0) is 14.3 Å². The molecule has 276 valence electrons. The number of nitrogens with zero attached hydrogens (tertiary/aromatic N) is 8. The minimum Gasteiger partial charge on any atom is -0.453 e. The first-order chi connectivity index (χ1) is 25.2. The van der Waals surface area contributed by atoms with Crippen molar-refractivity contribution in [2.75, 3.05) is 64.8 Å². The van der Waals surface area contributed by atoms with Crippen LogP contribution >= 0.6 is 23.2 Å². The lowest BCUT2D eigenvalue weighted by molar-refractivity contribution is -0.131. The fourth-order valence-electron chi connectivity index (χ4n) is 5.92. The summed E-state index contributed by atoms with van der Waals surface area (Å²) in [6.45, 7) is 11.2. The molecule has 1 saturated heterocycles. The number of hydrogen-bond acceptors (Lipinski definition) is 10. The van der Waals surface area contributed by atoms with Gasteiger partial charge in [-0.2, -0.15) is 4.68 Å². The lowest BCUT2D eigenvalue weighted by Crippen LogP contribution is -2.40. The van der Waals surface area contributed by atoms with Crippen LogP contribution in [0.1, 0.15) is 44.1 Å². The monoisotopic (exact) mass is 751 g/mol. The van der Waals surface area contributed by atoms with E-state index < -0.39 is 18.0 Å². The van der Waals surface area contributed by atoms with Crippen molar-refractivity contribution in [3.63, 3.8) is 0 Å². The molecule has 2 aromatic heterocycles. The maximum absolute atomic E-state index is 13.9. The summed E-state index contributed by atoms with van der Waals surface area (Å²) >= 11 is 12.9. The van der Waals surface area contributed by atoms with Gasteiger partial charge < -0.3 is 29.7 Å². The lowest BCUT2D eigenvalue weighted by atomic mass is 10.1. The van der Waals surface area contributed by atoms with Gasteiger partial charge in [0.05, 0.1) is 25.3 Å². The largest absolute Gasteiger partial charge is 0.453 e. The highest BCUT2D eigenvalue weighted by Gasteiger charge is 2.27. The number of aromatic amines is 1. The van der Waals surface area contributed by atoms with Gasteiger partial charge in [0.15, 0.2) is 0 Å². The van der Waals surface area contributed by atoms with Crippen molar-refractivity contribution < 1.29 is 19.1 Å². The maximum Gasteiger partial charge on any atom is 0.411 e. The molecule has 0 spiro atoms. The normalized spacial score (nSPS) is 14.4. The molecule has 1 atom stereocenters. The van der Waals surface area contributed by atoms with Crippen LogP contribution in [-0.4, -0.2) is 122 Å². The smallest absolute Gasteiger partial charge is 0.411 e. The Bertz CT molecular complexity index is 1830. The number of tetrazole rings is 1. The van der Waals surface area contributed by atoms with Crippen LogP contribution < -0.4 is 10.6 Å². The second-order valence-electron chi connectivity index (χ2n) is 12.1. The quantitative estimate of drug-likeness (QED) is 0.154. The number of carbonyl (C=O) groups is 3. The molecule has 15 nitrogen and oxygen atoms in total. The van der Waals surface area contributed by atoms with Gasteiger partial charge in [-0.05, 0) is 72.9 Å². The summed E-state index contributed by atoms with van der Waals surface area (Å²) in [6, 6.07) is 11.2. The van der Waals surface area contributed by atoms with Crippen LogP contribution in [0.4, 0.5) is 10.5 Å². The van der Waals surface area contributed by atoms with Crippen LogP contribution in [0.3, 0.4) is 0 Å². The zero-order valence-corrected chi connectivity index (χ0v) is 30.9. The second-order valence-corrected chi connectivity index (χ2v) is 13.0. The third-order valence-electron chi connectivity index (χ3n) is 8.86. The van der Waals surface area contributed by atoms with Crippen molar-refractivity contribution >= 4 is 52.9 Å². The van der Waals surface area contributed by atoms with E-state index in [1.54, 1.807) is 48.5 Å². The maximum atomic E-state index is 13.9. The zero-order chi connectivity index (χ0) is 37.0. The molecule has 3 heterocycles. The number of nitrogens with one attached hydrogen (secondary N) is 3. The summed E-state index contributed by atoms with van der Waals surface area (Å²) in [5, 5.41) is 17.6. The van der Waals surface area contributed by atoms with Crippen molar-refractivity contribution in [2.45, 2.75) is 32.7 Å². The SMILES string of the molecule is CCN(CC)CCN1CCCN(C(=O)C[C@H](NC(=O)/C=C/c2cc(Cl)ccc2-n2cnnn2)c2nc(-c3ccc(NC(=O)OC)cc3)c(Cl)[nH]2)CC1. The minimum absolute atomic E-state index is 0.0443. The molecule has 1 fully saturated rings. The van der Waals surface area contributed by atoms with Crippen LogP contribution in [0.2, 0.25) is 10.2 Å². The number of hydrogen-bond donors (Lipinski definition) is 3. The standard InChI is InChI=1S/C35H43Cl2N11O4/c1-4-45(5-2)17-18-46-15-6-16-47(20-19-46)31(50)22-28(34-41-32(33(37)42-34)24-7-11-27(12-8-24)39-35(51)52-3)40-30(49)14-9-25-21-26(36)10-13-29(25)48-23-38-43-44-48/h7-14,21,23,28H,4-6,15-20,22H2,1-3H3,(H,39,51)(H,40,49)(H,41,42)/b14-9+/t28-/m0/s1. The molecule has 0 radical (unpaired) electrons. The fraction of sp³-hybridized carbons (Fsp3) is 0.400. The molecule has 0 aliphatic carbocycles. The van der Waals surface area contributed by atoms with Gasteiger partial charge in [-0.1, -0.05) is 49.2 Å². The van der Waals surface area contributed by atoms with Crippen LogP contribution in [0, 0.1) is 0 Å². The van der Waals surface area contributed by atoms with E-state index in [0.717, 1.165) is 45.7 Å². The first-order valence-corrected chi connectivity index (χ1v) is 17.9. The predicted molar refractivity (Wildman–Crippen MR) is 199 cm³/mol. The number of carbonyl (C=O) groups excluding carboxylic acids is 3. The molecular formula is C35H43Cl2N11O4. The first kappa shape index (κ1) is 38.4. The summed E-state index contributed by atoms with van der Waals surface area (Å²) in [4.78, 5) is 53.4. The number of methoxy groups -OCH3 is 1. The topological polar surface area (TPSA) is 166 Å². The van der Waals surface area contributed by atoms with Gasteiger partial charge >= 0.3 is 6.09 Å². The Balaban J connectivity index is 1.35. The highest BCUT2D eigenvalue weighted by molar-refractivity contribution is 6.32. The number of amides is 3. The molecule has 3 amide bonds. The average Bonchev–Trinajstić information content (AvgIpc) is 3.75. The second kappa shape index (κ2) is 18.6. The van der Waals surface area contributed by atoms with Gasteiger partial charge in [0.2, 0.25) is 11.8 Å². The number of ether oxygens (including phenoxy) is 1. The number of likely N-dealkylation sites (N-methyl/N-ethyl adjacent to an activating group) is 1. The van der Waals surface area contributed by atoms with Crippen LogP contribution in [0.25, 0.3) is 23.0 Å². The highest BCUT2D eigenvalue weighted by Crippen LogP contribution is 2.30. The van der Waals surface area contributed by atoms with E-state index in [1.807, 2.05) is 4.90 Å². The lowest BCUT2D eigenvalue weighted by Gasteiger charge is -2.26. The molecule has 17 heteroatoms. The Morgan fingerprint density at radius 1 is 1.06 bits per heavy atom. The van der Waals surface area contributed by atoms with E-state index in [-0.39, 0.29) is 17.5 Å². The van der Waals surface area contributed by atoms with Crippen molar-refractivity contribution in [2.24, 2.45) is 0 Å². The zero-order valence-electron chi connectivity index (χ0n) is 29.4. The number of rotatable bonds is 14. The Kier molecular flexibility index (Phi) is 13.7. The van der Waals surface area contributed by atoms with Crippen molar-refractivity contribution in [1.29, 1.82) is 0 Å². The van der Waals surface area contributed by atoms with Crippen LogP contribution in [0.15, 0.2) is 54.9 Å². The molecule has 5 rings (SSSR count). The average molecular weight is 753 g/mol. The summed E-state index contributed by atoms with van der Waals surface area (Å²) < 4.78 is 6.12. The Labute approximate surface area is 312 Å². The van der Waals surface area contributed by atoms with Crippen molar-refractivity contribution in [3.05, 3.63) is 76.4 Å². The Morgan fingerprint density at radius 3 is 2.56 bits per heavy atom. The third kappa shape index (κ3) is 10.4. The number of anilines is 1.